The number of carbonyl (C=O) groups excluding carboxylic acids is 1. The molecular weight excluding hydrogens is 328 g/mol. The minimum atomic E-state index is -0.362. The maximum absolute atomic E-state index is 12.3. The van der Waals surface area contributed by atoms with Gasteiger partial charge in [0.2, 0.25) is 0 Å². The Balaban J connectivity index is 1.43. The number of hydrogen-bond donors (Lipinski definition) is 0. The highest BCUT2D eigenvalue weighted by atomic mass is 16.5. The predicted molar refractivity (Wildman–Crippen MR) is 100 cm³/mol. The Morgan fingerprint density at radius 3 is 2.65 bits per heavy atom. The van der Waals surface area contributed by atoms with E-state index in [9.17, 15) is 4.79 Å². The lowest BCUT2D eigenvalue weighted by atomic mass is 10.1. The Morgan fingerprint density at radius 1 is 1.04 bits per heavy atom. The van der Waals surface area contributed by atoms with E-state index in [2.05, 4.69) is 22.0 Å². The van der Waals surface area contributed by atoms with Gasteiger partial charge in [0.1, 0.15) is 12.4 Å². The first-order chi connectivity index (χ1) is 12.8. The zero-order valence-corrected chi connectivity index (χ0v) is 14.4. The van der Waals surface area contributed by atoms with E-state index in [0.29, 0.717) is 18.8 Å². The molecule has 26 heavy (non-hydrogen) atoms. The highest BCUT2D eigenvalue weighted by Gasteiger charge is 2.14. The summed E-state index contributed by atoms with van der Waals surface area (Å²) >= 11 is 0. The van der Waals surface area contributed by atoms with E-state index < -0.39 is 0 Å². The number of aromatic nitrogens is 1. The summed E-state index contributed by atoms with van der Waals surface area (Å²) in [6.45, 7) is 3.29. The van der Waals surface area contributed by atoms with Gasteiger partial charge in [-0.15, -0.1) is 0 Å². The van der Waals surface area contributed by atoms with Gasteiger partial charge in [-0.2, -0.15) is 0 Å². The van der Waals surface area contributed by atoms with Gasteiger partial charge >= 0.3 is 5.97 Å². The molecule has 0 amide bonds. The third kappa shape index (κ3) is 3.53. The van der Waals surface area contributed by atoms with Crippen LogP contribution in [0.2, 0.25) is 0 Å². The Bertz CT molecular complexity index is 897. The van der Waals surface area contributed by atoms with Crippen molar-refractivity contribution in [2.75, 3.05) is 31.2 Å². The Hall–Kier alpha value is -2.92. The molecule has 2 aromatic carbocycles. The van der Waals surface area contributed by atoms with Gasteiger partial charge in [0.05, 0.1) is 18.8 Å². The fourth-order valence-corrected chi connectivity index (χ4v) is 3.13. The van der Waals surface area contributed by atoms with Gasteiger partial charge < -0.3 is 14.4 Å². The molecule has 0 saturated carbocycles. The van der Waals surface area contributed by atoms with E-state index in [1.54, 1.807) is 12.3 Å². The number of esters is 1. The second kappa shape index (κ2) is 7.54. The highest BCUT2D eigenvalue weighted by Crippen LogP contribution is 2.20. The molecule has 5 nitrogen and oxygen atoms in total. The predicted octanol–water partition coefficient (Wildman–Crippen LogP) is 3.43. The van der Waals surface area contributed by atoms with Gasteiger partial charge in [0.25, 0.3) is 0 Å². The van der Waals surface area contributed by atoms with Crippen molar-refractivity contribution >= 4 is 22.6 Å². The molecule has 3 aromatic rings. The lowest BCUT2D eigenvalue weighted by Gasteiger charge is -2.27. The number of pyridine rings is 1. The van der Waals surface area contributed by atoms with E-state index in [1.807, 2.05) is 36.4 Å². The van der Waals surface area contributed by atoms with Crippen LogP contribution >= 0.6 is 0 Å². The van der Waals surface area contributed by atoms with Crippen LogP contribution in [0.5, 0.6) is 0 Å². The van der Waals surface area contributed by atoms with E-state index in [1.165, 1.54) is 0 Å². The van der Waals surface area contributed by atoms with Crippen molar-refractivity contribution in [3.63, 3.8) is 0 Å². The number of carbonyl (C=O) groups is 1. The zero-order valence-electron chi connectivity index (χ0n) is 14.4. The summed E-state index contributed by atoms with van der Waals surface area (Å²) in [5, 5.41) is 2.24. The zero-order chi connectivity index (χ0) is 17.8. The maximum Gasteiger partial charge on any atom is 0.340 e. The average molecular weight is 348 g/mol. The van der Waals surface area contributed by atoms with Crippen molar-refractivity contribution in [1.29, 1.82) is 0 Å². The number of fused-ring (bicyclic) bond motifs is 1. The molecule has 0 aliphatic carbocycles. The summed E-state index contributed by atoms with van der Waals surface area (Å²) in [5.74, 6) is 0.498. The average Bonchev–Trinajstić information content (AvgIpc) is 2.73. The monoisotopic (exact) mass is 348 g/mol. The van der Waals surface area contributed by atoms with Gasteiger partial charge in [-0.3, -0.25) is 0 Å². The number of nitrogens with zero attached hydrogens (tertiary/aromatic N) is 2. The molecule has 4 rings (SSSR count). The summed E-state index contributed by atoms with van der Waals surface area (Å²) in [4.78, 5) is 18.9. The third-order valence-electron chi connectivity index (χ3n) is 4.56. The normalized spacial score (nSPS) is 14.4. The summed E-state index contributed by atoms with van der Waals surface area (Å²) in [7, 11) is 0. The topological polar surface area (TPSA) is 51.7 Å². The quantitative estimate of drug-likeness (QED) is 0.676. The van der Waals surface area contributed by atoms with Crippen molar-refractivity contribution in [2.24, 2.45) is 0 Å². The van der Waals surface area contributed by atoms with Crippen LogP contribution < -0.4 is 4.90 Å². The summed E-state index contributed by atoms with van der Waals surface area (Å²) in [6.07, 6.45) is 1.58. The Labute approximate surface area is 152 Å². The van der Waals surface area contributed by atoms with E-state index in [-0.39, 0.29) is 12.6 Å². The first-order valence-electron chi connectivity index (χ1n) is 8.74. The smallest absolute Gasteiger partial charge is 0.340 e. The SMILES string of the molecule is O=C(OCc1cccc2ccccc12)c1ccc(N2CCOCC2)nc1. The standard InChI is InChI=1S/C21H20N2O3/c24-21(17-8-9-20(22-14-17)23-10-12-25-13-11-23)26-15-18-6-3-5-16-4-1-2-7-19(16)18/h1-9,14H,10-13,15H2. The molecule has 0 atom stereocenters. The minimum Gasteiger partial charge on any atom is -0.457 e. The fraction of sp³-hybridized carbons (Fsp3) is 0.238. The lowest BCUT2D eigenvalue weighted by molar-refractivity contribution is 0.0474. The van der Waals surface area contributed by atoms with Gasteiger partial charge in [0, 0.05) is 19.3 Å². The maximum atomic E-state index is 12.3. The second-order valence-electron chi connectivity index (χ2n) is 6.22. The second-order valence-corrected chi connectivity index (χ2v) is 6.22. The van der Waals surface area contributed by atoms with Crippen LogP contribution in [0.3, 0.4) is 0 Å². The van der Waals surface area contributed by atoms with Crippen LogP contribution in [0, 0.1) is 0 Å². The number of hydrogen-bond acceptors (Lipinski definition) is 5. The molecule has 132 valence electrons. The number of rotatable bonds is 4. The van der Waals surface area contributed by atoms with Crippen LogP contribution in [-0.4, -0.2) is 37.3 Å². The summed E-state index contributed by atoms with van der Waals surface area (Å²) < 4.78 is 10.8. The van der Waals surface area contributed by atoms with Crippen molar-refractivity contribution in [2.45, 2.75) is 6.61 Å². The first kappa shape index (κ1) is 16.5. The molecule has 5 heteroatoms. The molecule has 1 aliphatic rings. The van der Waals surface area contributed by atoms with Gasteiger partial charge in [-0.05, 0) is 28.5 Å². The van der Waals surface area contributed by atoms with Crippen LogP contribution in [-0.2, 0) is 16.1 Å². The van der Waals surface area contributed by atoms with Crippen LogP contribution in [0.4, 0.5) is 5.82 Å². The molecule has 2 heterocycles. The molecular formula is C21H20N2O3. The summed E-state index contributed by atoms with van der Waals surface area (Å²) in [6, 6.07) is 17.7. The Kier molecular flexibility index (Phi) is 4.80. The molecule has 1 fully saturated rings. The molecule has 1 aromatic heterocycles. The van der Waals surface area contributed by atoms with Gasteiger partial charge in [-0.25, -0.2) is 9.78 Å². The van der Waals surface area contributed by atoms with Crippen LogP contribution in [0.25, 0.3) is 10.8 Å². The highest BCUT2D eigenvalue weighted by molar-refractivity contribution is 5.90. The van der Waals surface area contributed by atoms with Crippen molar-refractivity contribution in [3.8, 4) is 0 Å². The third-order valence-corrected chi connectivity index (χ3v) is 4.56. The minimum absolute atomic E-state index is 0.241. The number of morpholine rings is 1. The molecule has 0 unspecified atom stereocenters. The van der Waals surface area contributed by atoms with Gasteiger partial charge in [0.15, 0.2) is 0 Å². The van der Waals surface area contributed by atoms with Gasteiger partial charge in [-0.1, -0.05) is 42.5 Å². The van der Waals surface area contributed by atoms with E-state index in [4.69, 9.17) is 9.47 Å². The molecule has 0 N–H and O–H groups in total. The van der Waals surface area contributed by atoms with Crippen LogP contribution in [0.1, 0.15) is 15.9 Å². The summed E-state index contributed by atoms with van der Waals surface area (Å²) in [5.41, 5.74) is 1.46. The van der Waals surface area contributed by atoms with Crippen molar-refractivity contribution < 1.29 is 14.3 Å². The number of anilines is 1. The largest absolute Gasteiger partial charge is 0.457 e. The molecule has 0 radical (unpaired) electrons. The molecule has 0 bridgehead atoms. The molecule has 0 spiro atoms. The molecule has 1 saturated heterocycles. The fourth-order valence-electron chi connectivity index (χ4n) is 3.13. The molecule has 1 aliphatic heterocycles. The lowest BCUT2D eigenvalue weighted by Crippen LogP contribution is -2.36. The van der Waals surface area contributed by atoms with Crippen LogP contribution in [0.15, 0.2) is 60.8 Å². The van der Waals surface area contributed by atoms with E-state index in [0.717, 1.165) is 35.2 Å². The Morgan fingerprint density at radius 2 is 1.85 bits per heavy atom. The number of benzene rings is 2. The first-order valence-corrected chi connectivity index (χ1v) is 8.74. The van der Waals surface area contributed by atoms with E-state index >= 15 is 0 Å². The van der Waals surface area contributed by atoms with Crippen molar-refractivity contribution in [3.05, 3.63) is 71.9 Å². The number of ether oxygens (including phenoxy) is 2. The van der Waals surface area contributed by atoms with Crippen molar-refractivity contribution in [1.82, 2.24) is 4.98 Å².